The molecule has 0 atom stereocenters. The Morgan fingerprint density at radius 2 is 1.00 bits per heavy atom. The van der Waals surface area contributed by atoms with Crippen LogP contribution in [0.4, 0.5) is 17.1 Å². The molecule has 23 heavy (non-hydrogen) atoms. The summed E-state index contributed by atoms with van der Waals surface area (Å²) in [5.41, 5.74) is 13.5. The van der Waals surface area contributed by atoms with E-state index in [2.05, 4.69) is 0 Å². The SMILES string of the molecule is Nc1ccc(ON(Oc2ccc(N)cc2)c2ccccc2)cc1. The molecule has 0 fully saturated rings. The van der Waals surface area contributed by atoms with Crippen molar-refractivity contribution < 1.29 is 9.68 Å². The Balaban J connectivity index is 1.84. The highest BCUT2D eigenvalue weighted by atomic mass is 16.9. The average molecular weight is 307 g/mol. The zero-order valence-corrected chi connectivity index (χ0v) is 12.4. The van der Waals surface area contributed by atoms with Crippen LogP contribution in [-0.2, 0) is 0 Å². The zero-order valence-electron chi connectivity index (χ0n) is 12.4. The molecule has 5 nitrogen and oxygen atoms in total. The van der Waals surface area contributed by atoms with Gasteiger partial charge in [-0.1, -0.05) is 18.2 Å². The summed E-state index contributed by atoms with van der Waals surface area (Å²) >= 11 is 0. The van der Waals surface area contributed by atoms with Crippen LogP contribution in [0, 0.1) is 0 Å². The predicted molar refractivity (Wildman–Crippen MR) is 91.9 cm³/mol. The van der Waals surface area contributed by atoms with Crippen LogP contribution in [0.15, 0.2) is 78.9 Å². The van der Waals surface area contributed by atoms with Gasteiger partial charge >= 0.3 is 0 Å². The number of hydrogen-bond donors (Lipinski definition) is 2. The Labute approximate surface area is 134 Å². The Bertz CT molecular complexity index is 696. The normalized spacial score (nSPS) is 10.1. The average Bonchev–Trinajstić information content (AvgIpc) is 2.59. The molecule has 0 spiro atoms. The van der Waals surface area contributed by atoms with Gasteiger partial charge < -0.3 is 21.1 Å². The third-order valence-corrected chi connectivity index (χ3v) is 3.10. The zero-order chi connectivity index (χ0) is 16.1. The van der Waals surface area contributed by atoms with Gasteiger partial charge in [0.25, 0.3) is 0 Å². The summed E-state index contributed by atoms with van der Waals surface area (Å²) in [7, 11) is 0. The molecular weight excluding hydrogens is 290 g/mol. The van der Waals surface area contributed by atoms with E-state index in [1.165, 1.54) is 5.23 Å². The van der Waals surface area contributed by atoms with E-state index in [-0.39, 0.29) is 0 Å². The van der Waals surface area contributed by atoms with Crippen molar-refractivity contribution in [3.8, 4) is 11.5 Å². The molecule has 0 bridgehead atoms. The van der Waals surface area contributed by atoms with E-state index in [1.807, 2.05) is 30.3 Å². The minimum atomic E-state index is 0.610. The van der Waals surface area contributed by atoms with Crippen molar-refractivity contribution in [1.29, 1.82) is 0 Å². The molecule has 3 rings (SSSR count). The summed E-state index contributed by atoms with van der Waals surface area (Å²) in [5.74, 6) is 1.22. The number of nitrogens with two attached hydrogens (primary N) is 2. The standard InChI is InChI=1S/C18H17N3O2/c19-14-6-10-17(11-7-14)22-21(16-4-2-1-3-5-16)23-18-12-8-15(20)9-13-18/h1-13H,19-20H2. The molecule has 0 aliphatic rings. The Morgan fingerprint density at radius 1 is 0.565 bits per heavy atom. The van der Waals surface area contributed by atoms with Gasteiger partial charge in [0.2, 0.25) is 0 Å². The second-order valence-electron chi connectivity index (χ2n) is 4.91. The monoisotopic (exact) mass is 307 g/mol. The number of hydrogen-bond acceptors (Lipinski definition) is 5. The molecule has 4 N–H and O–H groups in total. The van der Waals surface area contributed by atoms with Gasteiger partial charge in [-0.2, -0.15) is 0 Å². The molecular formula is C18H17N3O2. The molecule has 0 aliphatic heterocycles. The number of benzene rings is 3. The molecule has 0 radical (unpaired) electrons. The first-order valence-corrected chi connectivity index (χ1v) is 7.13. The molecule has 3 aromatic rings. The summed E-state index contributed by atoms with van der Waals surface area (Å²) < 4.78 is 0. The third-order valence-electron chi connectivity index (χ3n) is 3.10. The summed E-state index contributed by atoms with van der Waals surface area (Å²) in [5, 5.41) is 1.34. The summed E-state index contributed by atoms with van der Waals surface area (Å²) in [6.45, 7) is 0. The molecule has 0 saturated carbocycles. The fourth-order valence-corrected chi connectivity index (χ4v) is 1.92. The predicted octanol–water partition coefficient (Wildman–Crippen LogP) is 3.65. The minimum absolute atomic E-state index is 0.610. The molecule has 3 aromatic carbocycles. The fraction of sp³-hybridized carbons (Fsp3) is 0. The Morgan fingerprint density at radius 3 is 1.43 bits per heavy atom. The molecule has 0 aliphatic carbocycles. The third kappa shape index (κ3) is 3.85. The molecule has 5 heteroatoms. The first-order valence-electron chi connectivity index (χ1n) is 7.13. The van der Waals surface area contributed by atoms with E-state index in [4.69, 9.17) is 21.1 Å². The van der Waals surface area contributed by atoms with Gasteiger partial charge in [0.1, 0.15) is 5.69 Å². The number of para-hydroxylation sites is 1. The van der Waals surface area contributed by atoms with E-state index in [0.29, 0.717) is 22.9 Å². The van der Waals surface area contributed by atoms with Gasteiger partial charge in [-0.05, 0) is 65.9 Å². The highest BCUT2D eigenvalue weighted by Gasteiger charge is 2.11. The smallest absolute Gasteiger partial charge is 0.159 e. The fourth-order valence-electron chi connectivity index (χ4n) is 1.92. The van der Waals surface area contributed by atoms with E-state index >= 15 is 0 Å². The number of anilines is 3. The molecule has 0 saturated heterocycles. The lowest BCUT2D eigenvalue weighted by atomic mass is 10.3. The second-order valence-corrected chi connectivity index (χ2v) is 4.91. The van der Waals surface area contributed by atoms with E-state index in [1.54, 1.807) is 48.5 Å². The molecule has 0 aromatic heterocycles. The van der Waals surface area contributed by atoms with Crippen LogP contribution in [0.25, 0.3) is 0 Å². The molecule has 0 amide bonds. The van der Waals surface area contributed by atoms with Crippen molar-refractivity contribution in [2.45, 2.75) is 0 Å². The summed E-state index contributed by atoms with van der Waals surface area (Å²) in [6.07, 6.45) is 0. The van der Waals surface area contributed by atoms with Crippen LogP contribution in [0.5, 0.6) is 11.5 Å². The van der Waals surface area contributed by atoms with Gasteiger partial charge in [0.05, 0.1) is 0 Å². The van der Waals surface area contributed by atoms with Crippen LogP contribution in [-0.4, -0.2) is 0 Å². The first-order chi connectivity index (χ1) is 11.2. The number of rotatable bonds is 5. The summed E-state index contributed by atoms with van der Waals surface area (Å²) in [4.78, 5) is 11.6. The maximum atomic E-state index is 5.81. The van der Waals surface area contributed by atoms with Crippen molar-refractivity contribution in [2.24, 2.45) is 0 Å². The minimum Gasteiger partial charge on any atom is -0.399 e. The van der Waals surface area contributed by atoms with Crippen molar-refractivity contribution in [3.05, 3.63) is 78.9 Å². The lowest BCUT2D eigenvalue weighted by Crippen LogP contribution is -2.31. The van der Waals surface area contributed by atoms with Crippen molar-refractivity contribution >= 4 is 17.1 Å². The van der Waals surface area contributed by atoms with Crippen LogP contribution in [0.2, 0.25) is 0 Å². The molecule has 0 unspecified atom stereocenters. The number of nitrogens with zero attached hydrogens (tertiary/aromatic N) is 1. The van der Waals surface area contributed by atoms with Crippen molar-refractivity contribution in [1.82, 2.24) is 0 Å². The lowest BCUT2D eigenvalue weighted by molar-refractivity contribution is 0.0730. The van der Waals surface area contributed by atoms with Crippen LogP contribution >= 0.6 is 0 Å². The van der Waals surface area contributed by atoms with Gasteiger partial charge in [0, 0.05) is 11.4 Å². The summed E-state index contributed by atoms with van der Waals surface area (Å²) in [6, 6.07) is 23.7. The van der Waals surface area contributed by atoms with Gasteiger partial charge in [-0.25, -0.2) is 0 Å². The maximum absolute atomic E-state index is 5.81. The Kier molecular flexibility index (Phi) is 4.20. The molecule has 116 valence electrons. The van der Waals surface area contributed by atoms with Crippen molar-refractivity contribution in [3.63, 3.8) is 0 Å². The molecule has 0 heterocycles. The first kappa shape index (κ1) is 14.6. The maximum Gasteiger partial charge on any atom is 0.159 e. The van der Waals surface area contributed by atoms with Gasteiger partial charge in [-0.3, -0.25) is 0 Å². The highest BCUT2D eigenvalue weighted by molar-refractivity contribution is 5.46. The van der Waals surface area contributed by atoms with Crippen LogP contribution in [0.3, 0.4) is 0 Å². The van der Waals surface area contributed by atoms with E-state index in [0.717, 1.165) is 5.69 Å². The quantitative estimate of drug-likeness (QED) is 0.556. The highest BCUT2D eigenvalue weighted by Crippen LogP contribution is 2.22. The van der Waals surface area contributed by atoms with Gasteiger partial charge in [0.15, 0.2) is 11.5 Å². The van der Waals surface area contributed by atoms with E-state index in [9.17, 15) is 0 Å². The largest absolute Gasteiger partial charge is 0.399 e. The number of nitrogen functional groups attached to an aromatic ring is 2. The van der Waals surface area contributed by atoms with E-state index < -0.39 is 0 Å². The lowest BCUT2D eigenvalue weighted by Gasteiger charge is -2.23. The van der Waals surface area contributed by atoms with Crippen LogP contribution in [0.1, 0.15) is 0 Å². The Hall–Kier alpha value is -3.34. The van der Waals surface area contributed by atoms with Gasteiger partial charge in [-0.15, -0.1) is 0 Å². The van der Waals surface area contributed by atoms with Crippen LogP contribution < -0.4 is 26.4 Å². The topological polar surface area (TPSA) is 73.7 Å². The van der Waals surface area contributed by atoms with Crippen molar-refractivity contribution in [2.75, 3.05) is 16.7 Å². The second kappa shape index (κ2) is 6.62.